The fourth-order valence-electron chi connectivity index (χ4n) is 4.44. The number of nitrogens with one attached hydrogen (secondary N) is 1. The summed E-state index contributed by atoms with van der Waals surface area (Å²) in [6.45, 7) is 5.30. The van der Waals surface area contributed by atoms with Gasteiger partial charge >= 0.3 is 0 Å². The summed E-state index contributed by atoms with van der Waals surface area (Å²) in [5.74, 6) is 1.04. The van der Waals surface area contributed by atoms with E-state index in [4.69, 9.17) is 4.74 Å². The number of methoxy groups -OCH3 is 1. The maximum Gasteiger partial charge on any atom is 0.234 e. The number of rotatable bonds is 6. The number of hydrogen-bond donors (Lipinski definition) is 1. The van der Waals surface area contributed by atoms with Crippen LogP contribution in [0.5, 0.6) is 5.75 Å². The fourth-order valence-corrected chi connectivity index (χ4v) is 4.44. The lowest BCUT2D eigenvalue weighted by molar-refractivity contribution is -0.123. The van der Waals surface area contributed by atoms with E-state index in [1.54, 1.807) is 7.11 Å². The summed E-state index contributed by atoms with van der Waals surface area (Å²) in [5.41, 5.74) is 3.99. The Hall–Kier alpha value is -2.37. The van der Waals surface area contributed by atoms with Crippen LogP contribution in [0.3, 0.4) is 0 Å². The third-order valence-corrected chi connectivity index (χ3v) is 6.10. The van der Waals surface area contributed by atoms with Gasteiger partial charge in [0.05, 0.1) is 19.7 Å². The van der Waals surface area contributed by atoms with Crippen LogP contribution in [0.25, 0.3) is 0 Å². The van der Waals surface area contributed by atoms with Gasteiger partial charge in [-0.2, -0.15) is 0 Å². The molecular formula is C24H31N3O2. The van der Waals surface area contributed by atoms with Gasteiger partial charge in [-0.05, 0) is 48.1 Å². The van der Waals surface area contributed by atoms with Gasteiger partial charge in [0.15, 0.2) is 0 Å². The molecule has 2 aromatic carbocycles. The number of carbonyl (C=O) groups is 1. The summed E-state index contributed by atoms with van der Waals surface area (Å²) >= 11 is 0. The van der Waals surface area contributed by atoms with E-state index in [1.807, 2.05) is 12.1 Å². The molecule has 154 valence electrons. The zero-order chi connectivity index (χ0) is 20.1. The minimum atomic E-state index is 0.148. The Labute approximate surface area is 173 Å². The smallest absolute Gasteiger partial charge is 0.234 e. The van der Waals surface area contributed by atoms with Crippen molar-refractivity contribution in [3.63, 3.8) is 0 Å². The van der Waals surface area contributed by atoms with E-state index in [1.165, 1.54) is 16.7 Å². The Bertz CT molecular complexity index is 813. The first-order valence-electron chi connectivity index (χ1n) is 10.7. The van der Waals surface area contributed by atoms with Crippen LogP contribution in [0, 0.1) is 0 Å². The lowest BCUT2D eigenvalue weighted by atomic mass is 9.88. The van der Waals surface area contributed by atoms with Crippen molar-refractivity contribution < 1.29 is 9.53 Å². The highest BCUT2D eigenvalue weighted by Gasteiger charge is 2.23. The SMILES string of the molecule is COc1ccc(CN2CCN(CC(=O)N[C@H]3CCCc4ccccc43)CC2)cc1. The number of benzene rings is 2. The van der Waals surface area contributed by atoms with Gasteiger partial charge in [0.25, 0.3) is 0 Å². The van der Waals surface area contributed by atoms with Crippen molar-refractivity contribution in [3.8, 4) is 5.75 Å². The second-order valence-corrected chi connectivity index (χ2v) is 8.11. The van der Waals surface area contributed by atoms with E-state index in [-0.39, 0.29) is 11.9 Å². The predicted molar refractivity (Wildman–Crippen MR) is 115 cm³/mol. The van der Waals surface area contributed by atoms with E-state index >= 15 is 0 Å². The summed E-state index contributed by atoms with van der Waals surface area (Å²) < 4.78 is 5.23. The van der Waals surface area contributed by atoms with Gasteiger partial charge in [-0.25, -0.2) is 0 Å². The summed E-state index contributed by atoms with van der Waals surface area (Å²) in [5, 5.41) is 3.28. The number of piperazine rings is 1. The van der Waals surface area contributed by atoms with Crippen LogP contribution in [0.1, 0.15) is 35.6 Å². The number of carbonyl (C=O) groups excluding carboxylic acids is 1. The molecule has 1 saturated heterocycles. The largest absolute Gasteiger partial charge is 0.497 e. The summed E-state index contributed by atoms with van der Waals surface area (Å²) in [6, 6.07) is 17.0. The molecule has 29 heavy (non-hydrogen) atoms. The zero-order valence-corrected chi connectivity index (χ0v) is 17.3. The van der Waals surface area contributed by atoms with Crippen LogP contribution in [-0.4, -0.2) is 55.5 Å². The number of amides is 1. The van der Waals surface area contributed by atoms with Gasteiger partial charge in [0, 0.05) is 32.7 Å². The molecule has 1 fully saturated rings. The molecule has 4 rings (SSSR count). The molecule has 2 aliphatic rings. The van der Waals surface area contributed by atoms with Crippen LogP contribution in [0.2, 0.25) is 0 Å². The van der Waals surface area contributed by atoms with Crippen molar-refractivity contribution >= 4 is 5.91 Å². The van der Waals surface area contributed by atoms with Gasteiger partial charge < -0.3 is 10.1 Å². The molecule has 2 aromatic rings. The second-order valence-electron chi connectivity index (χ2n) is 8.11. The minimum absolute atomic E-state index is 0.148. The molecule has 0 unspecified atom stereocenters. The number of ether oxygens (including phenoxy) is 1. The summed E-state index contributed by atoms with van der Waals surface area (Å²) in [6.07, 6.45) is 3.31. The normalized spacial score (nSPS) is 20.1. The molecule has 1 atom stereocenters. The molecule has 0 radical (unpaired) electrons. The van der Waals surface area contributed by atoms with E-state index in [0.717, 1.165) is 57.7 Å². The maximum absolute atomic E-state index is 12.6. The molecule has 5 nitrogen and oxygen atoms in total. The summed E-state index contributed by atoms with van der Waals surface area (Å²) in [4.78, 5) is 17.4. The van der Waals surface area contributed by atoms with Gasteiger partial charge in [-0.1, -0.05) is 36.4 Å². The van der Waals surface area contributed by atoms with E-state index < -0.39 is 0 Å². The molecule has 0 saturated carbocycles. The highest BCUT2D eigenvalue weighted by atomic mass is 16.5. The number of hydrogen-bond acceptors (Lipinski definition) is 4. The first kappa shape index (κ1) is 19.9. The average molecular weight is 394 g/mol. The van der Waals surface area contributed by atoms with E-state index in [0.29, 0.717) is 6.54 Å². The highest BCUT2D eigenvalue weighted by Crippen LogP contribution is 2.29. The third-order valence-electron chi connectivity index (χ3n) is 6.10. The molecule has 0 aromatic heterocycles. The van der Waals surface area contributed by atoms with Gasteiger partial charge in [-0.15, -0.1) is 0 Å². The van der Waals surface area contributed by atoms with Crippen molar-refractivity contribution in [1.29, 1.82) is 0 Å². The molecule has 1 aliphatic carbocycles. The van der Waals surface area contributed by atoms with Crippen LogP contribution < -0.4 is 10.1 Å². The van der Waals surface area contributed by atoms with Gasteiger partial charge in [0.2, 0.25) is 5.91 Å². The molecule has 0 bridgehead atoms. The first-order valence-corrected chi connectivity index (χ1v) is 10.7. The molecule has 1 heterocycles. The Balaban J connectivity index is 1.23. The maximum atomic E-state index is 12.6. The lowest BCUT2D eigenvalue weighted by Crippen LogP contribution is -2.49. The Morgan fingerprint density at radius 2 is 1.76 bits per heavy atom. The van der Waals surface area contributed by atoms with E-state index in [2.05, 4.69) is 51.5 Å². The fraction of sp³-hybridized carbons (Fsp3) is 0.458. The van der Waals surface area contributed by atoms with Crippen molar-refractivity contribution in [2.75, 3.05) is 39.8 Å². The van der Waals surface area contributed by atoms with E-state index in [9.17, 15) is 4.79 Å². The molecule has 1 N–H and O–H groups in total. The topological polar surface area (TPSA) is 44.8 Å². The van der Waals surface area contributed by atoms with Gasteiger partial charge in [-0.3, -0.25) is 14.6 Å². The summed E-state index contributed by atoms with van der Waals surface area (Å²) in [7, 11) is 1.69. The zero-order valence-electron chi connectivity index (χ0n) is 17.3. The standard InChI is InChI=1S/C24H31N3O2/c1-29-21-11-9-19(10-12-21)17-26-13-15-27(16-14-26)18-24(28)25-23-8-4-6-20-5-2-3-7-22(20)23/h2-3,5,7,9-12,23H,4,6,8,13-18H2,1H3,(H,25,28)/t23-/m0/s1. The number of fused-ring (bicyclic) bond motifs is 1. The van der Waals surface area contributed by atoms with Crippen molar-refractivity contribution in [3.05, 3.63) is 65.2 Å². The van der Waals surface area contributed by atoms with Crippen LogP contribution in [0.4, 0.5) is 0 Å². The quantitative estimate of drug-likeness (QED) is 0.820. The lowest BCUT2D eigenvalue weighted by Gasteiger charge is -2.35. The average Bonchev–Trinajstić information content (AvgIpc) is 2.76. The van der Waals surface area contributed by atoms with Crippen molar-refractivity contribution in [2.24, 2.45) is 0 Å². The Morgan fingerprint density at radius 1 is 1.03 bits per heavy atom. The number of aryl methyl sites for hydroxylation is 1. The van der Waals surface area contributed by atoms with Crippen molar-refractivity contribution in [1.82, 2.24) is 15.1 Å². The molecule has 5 heteroatoms. The molecule has 1 amide bonds. The Kier molecular flexibility index (Phi) is 6.47. The number of nitrogens with zero attached hydrogens (tertiary/aromatic N) is 2. The molecule has 0 spiro atoms. The monoisotopic (exact) mass is 393 g/mol. The molecule has 1 aliphatic heterocycles. The van der Waals surface area contributed by atoms with Crippen LogP contribution in [-0.2, 0) is 17.8 Å². The first-order chi connectivity index (χ1) is 14.2. The van der Waals surface area contributed by atoms with Crippen molar-refractivity contribution in [2.45, 2.75) is 31.8 Å². The highest BCUT2D eigenvalue weighted by molar-refractivity contribution is 5.78. The van der Waals surface area contributed by atoms with Gasteiger partial charge in [0.1, 0.15) is 5.75 Å². The third kappa shape index (κ3) is 5.17. The predicted octanol–water partition coefficient (Wildman–Crippen LogP) is 3.01. The van der Waals surface area contributed by atoms with Crippen LogP contribution >= 0.6 is 0 Å². The minimum Gasteiger partial charge on any atom is -0.497 e. The van der Waals surface area contributed by atoms with Crippen LogP contribution in [0.15, 0.2) is 48.5 Å². The Morgan fingerprint density at radius 3 is 2.52 bits per heavy atom. The molecular weight excluding hydrogens is 362 g/mol. The second kappa shape index (κ2) is 9.42.